The van der Waals surface area contributed by atoms with Gasteiger partial charge in [-0.15, -0.1) is 0 Å². The minimum absolute atomic E-state index is 0.167. The molecule has 0 aliphatic carbocycles. The van der Waals surface area contributed by atoms with E-state index in [2.05, 4.69) is 28.5 Å². The molecule has 1 N–H and O–H groups in total. The molecule has 0 unspecified atom stereocenters. The summed E-state index contributed by atoms with van der Waals surface area (Å²) in [5.41, 5.74) is 0.962. The van der Waals surface area contributed by atoms with Crippen LogP contribution in [0, 0.1) is 0 Å². The number of pyridine rings is 1. The summed E-state index contributed by atoms with van der Waals surface area (Å²) in [7, 11) is -3.67. The van der Waals surface area contributed by atoms with E-state index < -0.39 is 10.0 Å². The van der Waals surface area contributed by atoms with Gasteiger partial charge in [-0.3, -0.25) is 4.72 Å². The van der Waals surface area contributed by atoms with Crippen LogP contribution in [0.25, 0.3) is 0 Å². The number of anilines is 2. The third-order valence-corrected chi connectivity index (χ3v) is 4.93. The van der Waals surface area contributed by atoms with Crippen LogP contribution in [0.1, 0.15) is 20.8 Å². The fraction of sp³-hybridized carbons (Fsp3) is 0.353. The van der Waals surface area contributed by atoms with E-state index in [4.69, 9.17) is 4.74 Å². The van der Waals surface area contributed by atoms with Crippen LogP contribution in [-0.4, -0.2) is 33.1 Å². The molecular formula is C17H23N3O3S. The van der Waals surface area contributed by atoms with E-state index in [0.717, 1.165) is 18.8 Å². The molecule has 1 aromatic heterocycles. The average Bonchev–Trinajstić information content (AvgIpc) is 2.58. The molecule has 130 valence electrons. The molecule has 1 heterocycles. The summed E-state index contributed by atoms with van der Waals surface area (Å²) in [5.74, 6) is 0.929. The maximum atomic E-state index is 12.4. The van der Waals surface area contributed by atoms with Crippen molar-refractivity contribution in [1.82, 2.24) is 4.98 Å². The first-order valence-electron chi connectivity index (χ1n) is 7.96. The quantitative estimate of drug-likeness (QED) is 0.793. The van der Waals surface area contributed by atoms with Crippen molar-refractivity contribution >= 4 is 21.5 Å². The van der Waals surface area contributed by atoms with Gasteiger partial charge in [0.2, 0.25) is 0 Å². The second kappa shape index (κ2) is 8.01. The fourth-order valence-corrected chi connectivity index (χ4v) is 3.31. The molecule has 0 spiro atoms. The highest BCUT2D eigenvalue weighted by Gasteiger charge is 2.15. The highest BCUT2D eigenvalue weighted by Crippen LogP contribution is 2.20. The summed E-state index contributed by atoms with van der Waals surface area (Å²) in [6.07, 6.45) is 1.67. The third kappa shape index (κ3) is 4.38. The first kappa shape index (κ1) is 18.1. The molecule has 7 heteroatoms. The number of aromatic nitrogens is 1. The Hall–Kier alpha value is -2.28. The molecule has 0 saturated carbocycles. The van der Waals surface area contributed by atoms with Crippen molar-refractivity contribution in [3.05, 3.63) is 42.6 Å². The van der Waals surface area contributed by atoms with Crippen molar-refractivity contribution in [2.24, 2.45) is 0 Å². The summed E-state index contributed by atoms with van der Waals surface area (Å²) in [5, 5.41) is 0. The SMILES string of the molecule is CCOc1ccc(S(=O)(=O)Nc2ccc(N(CC)CC)cn2)cc1. The van der Waals surface area contributed by atoms with Crippen LogP contribution in [0.5, 0.6) is 5.75 Å². The lowest BCUT2D eigenvalue weighted by Gasteiger charge is -2.20. The maximum Gasteiger partial charge on any atom is 0.263 e. The number of benzene rings is 1. The van der Waals surface area contributed by atoms with Crippen LogP contribution in [0.3, 0.4) is 0 Å². The second-order valence-electron chi connectivity index (χ2n) is 5.08. The van der Waals surface area contributed by atoms with E-state index in [1.165, 1.54) is 12.1 Å². The number of hydrogen-bond donors (Lipinski definition) is 1. The molecule has 0 saturated heterocycles. The number of nitrogens with zero attached hydrogens (tertiary/aromatic N) is 2. The Labute approximate surface area is 143 Å². The Kier molecular flexibility index (Phi) is 6.03. The zero-order valence-corrected chi connectivity index (χ0v) is 15.0. The highest BCUT2D eigenvalue weighted by atomic mass is 32.2. The number of sulfonamides is 1. The Morgan fingerprint density at radius 3 is 2.21 bits per heavy atom. The molecule has 6 nitrogen and oxygen atoms in total. The summed E-state index contributed by atoms with van der Waals surface area (Å²) in [6.45, 7) is 8.27. The van der Waals surface area contributed by atoms with Gasteiger partial charge in [-0.05, 0) is 57.2 Å². The lowest BCUT2D eigenvalue weighted by atomic mass is 10.3. The molecule has 0 aliphatic heterocycles. The van der Waals surface area contributed by atoms with E-state index in [-0.39, 0.29) is 4.90 Å². The van der Waals surface area contributed by atoms with Gasteiger partial charge in [0.1, 0.15) is 11.6 Å². The number of ether oxygens (including phenoxy) is 1. The van der Waals surface area contributed by atoms with Crippen molar-refractivity contribution < 1.29 is 13.2 Å². The largest absolute Gasteiger partial charge is 0.494 e. The van der Waals surface area contributed by atoms with Gasteiger partial charge in [0.05, 0.1) is 23.4 Å². The molecule has 24 heavy (non-hydrogen) atoms. The molecule has 2 aromatic rings. The van der Waals surface area contributed by atoms with Crippen LogP contribution in [0.2, 0.25) is 0 Å². The van der Waals surface area contributed by atoms with Crippen molar-refractivity contribution in [3.63, 3.8) is 0 Å². The molecule has 0 atom stereocenters. The standard InChI is InChI=1S/C17H23N3O3S/c1-4-20(5-2)14-7-12-17(18-13-14)19-24(21,22)16-10-8-15(9-11-16)23-6-3/h7-13H,4-6H2,1-3H3,(H,18,19). The summed E-state index contributed by atoms with van der Waals surface area (Å²) < 4.78 is 32.6. The van der Waals surface area contributed by atoms with Gasteiger partial charge in [-0.1, -0.05) is 0 Å². The van der Waals surface area contributed by atoms with Gasteiger partial charge < -0.3 is 9.64 Å². The van der Waals surface area contributed by atoms with Crippen LogP contribution < -0.4 is 14.4 Å². The van der Waals surface area contributed by atoms with Gasteiger partial charge in [0.25, 0.3) is 10.0 Å². The van der Waals surface area contributed by atoms with Gasteiger partial charge in [-0.25, -0.2) is 13.4 Å². The predicted octanol–water partition coefficient (Wildman–Crippen LogP) is 3.13. The summed E-state index contributed by atoms with van der Waals surface area (Å²) in [4.78, 5) is 6.50. The Morgan fingerprint density at radius 1 is 1.04 bits per heavy atom. The van der Waals surface area contributed by atoms with Crippen LogP contribution in [0.4, 0.5) is 11.5 Å². The fourth-order valence-electron chi connectivity index (χ4n) is 2.30. The van der Waals surface area contributed by atoms with Crippen molar-refractivity contribution in [1.29, 1.82) is 0 Å². The molecule has 0 amide bonds. The van der Waals surface area contributed by atoms with Crippen molar-refractivity contribution in [3.8, 4) is 5.75 Å². The first-order valence-corrected chi connectivity index (χ1v) is 9.45. The number of rotatable bonds is 8. The lowest BCUT2D eigenvalue weighted by molar-refractivity contribution is 0.340. The van der Waals surface area contributed by atoms with Crippen LogP contribution in [-0.2, 0) is 10.0 Å². The Morgan fingerprint density at radius 2 is 1.71 bits per heavy atom. The summed E-state index contributed by atoms with van der Waals surface area (Å²) >= 11 is 0. The Bertz CT molecular complexity index is 740. The van der Waals surface area contributed by atoms with E-state index in [9.17, 15) is 8.42 Å². The monoisotopic (exact) mass is 349 g/mol. The lowest BCUT2D eigenvalue weighted by Crippen LogP contribution is -2.22. The number of hydrogen-bond acceptors (Lipinski definition) is 5. The Balaban J connectivity index is 2.13. The predicted molar refractivity (Wildman–Crippen MR) is 96.2 cm³/mol. The van der Waals surface area contributed by atoms with Gasteiger partial charge in [-0.2, -0.15) is 0 Å². The molecule has 0 fully saturated rings. The van der Waals surface area contributed by atoms with Gasteiger partial charge in [0, 0.05) is 13.1 Å². The normalized spacial score (nSPS) is 11.1. The number of nitrogens with one attached hydrogen (secondary N) is 1. The van der Waals surface area contributed by atoms with Crippen molar-refractivity contribution in [2.75, 3.05) is 29.3 Å². The molecular weight excluding hydrogens is 326 g/mol. The van der Waals surface area contributed by atoms with Gasteiger partial charge >= 0.3 is 0 Å². The molecule has 0 radical (unpaired) electrons. The van der Waals surface area contributed by atoms with E-state index in [1.807, 2.05) is 13.0 Å². The van der Waals surface area contributed by atoms with Crippen molar-refractivity contribution in [2.45, 2.75) is 25.7 Å². The highest BCUT2D eigenvalue weighted by molar-refractivity contribution is 7.92. The minimum atomic E-state index is -3.67. The molecule has 1 aromatic carbocycles. The average molecular weight is 349 g/mol. The molecule has 0 bridgehead atoms. The first-order chi connectivity index (χ1) is 11.5. The van der Waals surface area contributed by atoms with E-state index >= 15 is 0 Å². The van der Waals surface area contributed by atoms with Crippen LogP contribution >= 0.6 is 0 Å². The zero-order valence-electron chi connectivity index (χ0n) is 14.2. The topological polar surface area (TPSA) is 71.5 Å². The van der Waals surface area contributed by atoms with E-state index in [1.54, 1.807) is 24.4 Å². The third-order valence-electron chi connectivity index (χ3n) is 3.56. The zero-order chi connectivity index (χ0) is 17.6. The maximum absolute atomic E-state index is 12.4. The van der Waals surface area contributed by atoms with E-state index in [0.29, 0.717) is 18.2 Å². The minimum Gasteiger partial charge on any atom is -0.494 e. The molecule has 0 aliphatic rings. The smallest absolute Gasteiger partial charge is 0.263 e. The van der Waals surface area contributed by atoms with Gasteiger partial charge in [0.15, 0.2) is 0 Å². The second-order valence-corrected chi connectivity index (χ2v) is 6.77. The molecule has 2 rings (SSSR count). The van der Waals surface area contributed by atoms with Crippen LogP contribution in [0.15, 0.2) is 47.5 Å². The summed E-state index contributed by atoms with van der Waals surface area (Å²) in [6, 6.07) is 9.81.